The molecule has 18 heavy (non-hydrogen) atoms. The minimum absolute atomic E-state index is 0.535. The Kier molecular flexibility index (Phi) is 3.68. The van der Waals surface area contributed by atoms with Crippen LogP contribution >= 0.6 is 0 Å². The molecular weight excluding hydrogens is 224 g/mol. The molecule has 94 valence electrons. The standard InChI is InChI=1S/C16H18O2/c1-11-8-9-15(12(2)10-11)18-16-7-5-4-6-14(16)13(3)17/h4-10,13,17H,1-3H3/t13-/m0/s1. The third kappa shape index (κ3) is 2.71. The van der Waals surface area contributed by atoms with Gasteiger partial charge in [0.2, 0.25) is 0 Å². The van der Waals surface area contributed by atoms with Crippen LogP contribution in [0.15, 0.2) is 42.5 Å². The van der Waals surface area contributed by atoms with E-state index in [1.54, 1.807) is 6.92 Å². The maximum Gasteiger partial charge on any atom is 0.133 e. The van der Waals surface area contributed by atoms with Crippen LogP contribution in [-0.2, 0) is 0 Å². The van der Waals surface area contributed by atoms with Crippen molar-refractivity contribution in [3.63, 3.8) is 0 Å². The predicted molar refractivity (Wildman–Crippen MR) is 73.1 cm³/mol. The fourth-order valence-electron chi connectivity index (χ4n) is 1.95. The molecule has 2 nitrogen and oxygen atoms in total. The fraction of sp³-hybridized carbons (Fsp3) is 0.250. The molecule has 1 N–H and O–H groups in total. The Morgan fingerprint density at radius 3 is 2.39 bits per heavy atom. The zero-order valence-corrected chi connectivity index (χ0v) is 11.0. The summed E-state index contributed by atoms with van der Waals surface area (Å²) in [6, 6.07) is 13.6. The molecule has 0 aliphatic heterocycles. The minimum Gasteiger partial charge on any atom is -0.457 e. The smallest absolute Gasteiger partial charge is 0.133 e. The van der Waals surface area contributed by atoms with E-state index >= 15 is 0 Å². The molecule has 0 aliphatic rings. The molecule has 0 aromatic heterocycles. The monoisotopic (exact) mass is 242 g/mol. The van der Waals surface area contributed by atoms with Gasteiger partial charge >= 0.3 is 0 Å². The van der Waals surface area contributed by atoms with Gasteiger partial charge in [-0.05, 0) is 38.5 Å². The fourth-order valence-corrected chi connectivity index (χ4v) is 1.95. The highest BCUT2D eigenvalue weighted by Gasteiger charge is 2.10. The quantitative estimate of drug-likeness (QED) is 0.876. The number of hydrogen-bond acceptors (Lipinski definition) is 2. The maximum absolute atomic E-state index is 9.72. The van der Waals surface area contributed by atoms with Crippen LogP contribution in [0, 0.1) is 13.8 Å². The molecule has 0 saturated heterocycles. The highest BCUT2D eigenvalue weighted by Crippen LogP contribution is 2.31. The van der Waals surface area contributed by atoms with E-state index in [0.29, 0.717) is 5.75 Å². The Balaban J connectivity index is 2.34. The number of aliphatic hydroxyl groups is 1. The Morgan fingerprint density at radius 1 is 1.00 bits per heavy atom. The van der Waals surface area contributed by atoms with Gasteiger partial charge in [-0.3, -0.25) is 0 Å². The van der Waals surface area contributed by atoms with E-state index in [2.05, 4.69) is 13.0 Å². The van der Waals surface area contributed by atoms with Crippen molar-refractivity contribution in [2.24, 2.45) is 0 Å². The molecule has 0 bridgehead atoms. The SMILES string of the molecule is Cc1ccc(Oc2ccccc2[C@H](C)O)c(C)c1. The Labute approximate surface area is 108 Å². The molecule has 2 rings (SSSR count). The van der Waals surface area contributed by atoms with Gasteiger partial charge in [-0.1, -0.05) is 35.9 Å². The average Bonchev–Trinajstić information content (AvgIpc) is 2.33. The summed E-state index contributed by atoms with van der Waals surface area (Å²) in [5, 5.41) is 9.72. The van der Waals surface area contributed by atoms with Gasteiger partial charge in [0.15, 0.2) is 0 Å². The van der Waals surface area contributed by atoms with Crippen molar-refractivity contribution >= 4 is 0 Å². The van der Waals surface area contributed by atoms with Gasteiger partial charge in [0.25, 0.3) is 0 Å². The van der Waals surface area contributed by atoms with E-state index in [9.17, 15) is 5.11 Å². The lowest BCUT2D eigenvalue weighted by Gasteiger charge is -2.14. The lowest BCUT2D eigenvalue weighted by atomic mass is 10.1. The second-order valence-corrected chi connectivity index (χ2v) is 4.58. The first kappa shape index (κ1) is 12.7. The predicted octanol–water partition coefficient (Wildman–Crippen LogP) is 4.15. The van der Waals surface area contributed by atoms with Gasteiger partial charge in [-0.15, -0.1) is 0 Å². The summed E-state index contributed by atoms with van der Waals surface area (Å²) in [4.78, 5) is 0. The number of hydrogen-bond donors (Lipinski definition) is 1. The van der Waals surface area contributed by atoms with Crippen LogP contribution in [0.2, 0.25) is 0 Å². The first-order chi connectivity index (χ1) is 8.58. The molecule has 1 atom stereocenters. The number of benzene rings is 2. The van der Waals surface area contributed by atoms with Crippen LogP contribution in [0.3, 0.4) is 0 Å². The molecule has 0 amide bonds. The summed E-state index contributed by atoms with van der Waals surface area (Å²) in [5.74, 6) is 1.54. The third-order valence-electron chi connectivity index (χ3n) is 2.92. The van der Waals surface area contributed by atoms with Crippen LogP contribution in [-0.4, -0.2) is 5.11 Å². The van der Waals surface area contributed by atoms with Gasteiger partial charge < -0.3 is 9.84 Å². The maximum atomic E-state index is 9.72. The zero-order valence-electron chi connectivity index (χ0n) is 11.0. The summed E-state index contributed by atoms with van der Waals surface area (Å²) >= 11 is 0. The number of ether oxygens (including phenoxy) is 1. The van der Waals surface area contributed by atoms with Crippen molar-refractivity contribution in [3.8, 4) is 11.5 Å². The molecule has 0 spiro atoms. The van der Waals surface area contributed by atoms with Gasteiger partial charge in [0.05, 0.1) is 6.10 Å². The molecule has 0 heterocycles. The van der Waals surface area contributed by atoms with Gasteiger partial charge in [-0.25, -0.2) is 0 Å². The summed E-state index contributed by atoms with van der Waals surface area (Å²) in [6.45, 7) is 5.82. The molecule has 0 saturated carbocycles. The van der Waals surface area contributed by atoms with E-state index in [1.165, 1.54) is 5.56 Å². The van der Waals surface area contributed by atoms with Crippen molar-refractivity contribution in [2.45, 2.75) is 26.9 Å². The lowest BCUT2D eigenvalue weighted by Crippen LogP contribution is -1.96. The van der Waals surface area contributed by atoms with E-state index in [0.717, 1.165) is 16.9 Å². The van der Waals surface area contributed by atoms with E-state index in [-0.39, 0.29) is 0 Å². The first-order valence-corrected chi connectivity index (χ1v) is 6.10. The molecule has 2 heteroatoms. The summed E-state index contributed by atoms with van der Waals surface area (Å²) in [5.41, 5.74) is 3.11. The molecule has 2 aromatic carbocycles. The molecule has 2 aromatic rings. The van der Waals surface area contributed by atoms with Crippen molar-refractivity contribution < 1.29 is 9.84 Å². The average molecular weight is 242 g/mol. The van der Waals surface area contributed by atoms with E-state index in [4.69, 9.17) is 4.74 Å². The Hall–Kier alpha value is -1.80. The second-order valence-electron chi connectivity index (χ2n) is 4.58. The topological polar surface area (TPSA) is 29.5 Å². The Morgan fingerprint density at radius 2 is 1.72 bits per heavy atom. The van der Waals surface area contributed by atoms with Gasteiger partial charge in [-0.2, -0.15) is 0 Å². The van der Waals surface area contributed by atoms with Crippen molar-refractivity contribution in [3.05, 3.63) is 59.2 Å². The van der Waals surface area contributed by atoms with Crippen molar-refractivity contribution in [1.29, 1.82) is 0 Å². The number of rotatable bonds is 3. The van der Waals surface area contributed by atoms with Crippen LogP contribution in [0.5, 0.6) is 11.5 Å². The largest absolute Gasteiger partial charge is 0.457 e. The summed E-state index contributed by atoms with van der Waals surface area (Å²) in [6.07, 6.45) is -0.535. The van der Waals surface area contributed by atoms with Crippen LogP contribution in [0.1, 0.15) is 29.7 Å². The summed E-state index contributed by atoms with van der Waals surface area (Å²) in [7, 11) is 0. The third-order valence-corrected chi connectivity index (χ3v) is 2.92. The van der Waals surface area contributed by atoms with Gasteiger partial charge in [0, 0.05) is 5.56 Å². The first-order valence-electron chi connectivity index (χ1n) is 6.10. The molecule has 0 radical (unpaired) electrons. The van der Waals surface area contributed by atoms with Crippen molar-refractivity contribution in [1.82, 2.24) is 0 Å². The molecule has 0 aliphatic carbocycles. The second kappa shape index (κ2) is 5.23. The van der Waals surface area contributed by atoms with Crippen LogP contribution in [0.4, 0.5) is 0 Å². The molecule has 0 fully saturated rings. The highest BCUT2D eigenvalue weighted by molar-refractivity contribution is 5.42. The minimum atomic E-state index is -0.535. The van der Waals surface area contributed by atoms with Crippen molar-refractivity contribution in [2.75, 3.05) is 0 Å². The Bertz CT molecular complexity index is 545. The number of aryl methyl sites for hydroxylation is 2. The molecular formula is C16H18O2. The number of aliphatic hydroxyl groups excluding tert-OH is 1. The lowest BCUT2D eigenvalue weighted by molar-refractivity contribution is 0.195. The summed E-state index contributed by atoms with van der Waals surface area (Å²) < 4.78 is 5.90. The zero-order chi connectivity index (χ0) is 13.1. The number of para-hydroxylation sites is 1. The van der Waals surface area contributed by atoms with Gasteiger partial charge in [0.1, 0.15) is 11.5 Å². The van der Waals surface area contributed by atoms with Crippen LogP contribution < -0.4 is 4.74 Å². The normalized spacial score (nSPS) is 12.2. The van der Waals surface area contributed by atoms with E-state index in [1.807, 2.05) is 43.3 Å². The van der Waals surface area contributed by atoms with Crippen LogP contribution in [0.25, 0.3) is 0 Å². The highest BCUT2D eigenvalue weighted by atomic mass is 16.5. The van der Waals surface area contributed by atoms with E-state index < -0.39 is 6.10 Å². The molecule has 0 unspecified atom stereocenters.